The van der Waals surface area contributed by atoms with Gasteiger partial charge in [-0.15, -0.1) is 0 Å². The van der Waals surface area contributed by atoms with Crippen molar-refractivity contribution in [1.82, 2.24) is 0 Å². The van der Waals surface area contributed by atoms with E-state index in [4.69, 9.17) is 14.2 Å². The van der Waals surface area contributed by atoms with Crippen molar-refractivity contribution >= 4 is 5.69 Å². The first kappa shape index (κ1) is 15.0. The van der Waals surface area contributed by atoms with Crippen molar-refractivity contribution < 1.29 is 14.2 Å². The molecule has 1 N–H and O–H groups in total. The van der Waals surface area contributed by atoms with Gasteiger partial charge in [-0.3, -0.25) is 0 Å². The highest BCUT2D eigenvalue weighted by Crippen LogP contribution is 2.34. The number of anilines is 1. The van der Waals surface area contributed by atoms with Crippen LogP contribution in [0.5, 0.6) is 11.5 Å². The van der Waals surface area contributed by atoms with Crippen molar-refractivity contribution in [3.05, 3.63) is 17.7 Å². The first-order valence-electron chi connectivity index (χ1n) is 7.20. The zero-order valence-electron chi connectivity index (χ0n) is 12.9. The fraction of sp³-hybridized carbons (Fsp3) is 0.625. The minimum absolute atomic E-state index is 0.377. The molecule has 2 atom stereocenters. The topological polar surface area (TPSA) is 39.7 Å². The van der Waals surface area contributed by atoms with E-state index in [2.05, 4.69) is 12.2 Å². The number of rotatable bonds is 5. The first-order valence-corrected chi connectivity index (χ1v) is 7.20. The molecule has 1 aliphatic carbocycles. The second kappa shape index (κ2) is 6.84. The number of methoxy groups -OCH3 is 3. The number of benzene rings is 1. The molecule has 1 aliphatic rings. The molecule has 0 radical (unpaired) electrons. The van der Waals surface area contributed by atoms with Crippen LogP contribution in [0.15, 0.2) is 12.1 Å². The molecule has 0 bridgehead atoms. The van der Waals surface area contributed by atoms with Crippen molar-refractivity contribution in [3.63, 3.8) is 0 Å². The molecule has 0 spiro atoms. The van der Waals surface area contributed by atoms with Gasteiger partial charge in [0.2, 0.25) is 0 Å². The van der Waals surface area contributed by atoms with Gasteiger partial charge in [-0.1, -0.05) is 0 Å². The number of hydrogen-bond donors (Lipinski definition) is 1. The quantitative estimate of drug-likeness (QED) is 0.897. The van der Waals surface area contributed by atoms with E-state index in [1.165, 1.54) is 24.8 Å². The lowest BCUT2D eigenvalue weighted by atomic mass is 9.92. The third-order valence-electron chi connectivity index (χ3n) is 4.05. The molecule has 0 aliphatic heterocycles. The third kappa shape index (κ3) is 3.37. The maximum atomic E-state index is 5.49. The van der Waals surface area contributed by atoms with Crippen LogP contribution < -0.4 is 14.8 Å². The van der Waals surface area contributed by atoms with Gasteiger partial charge < -0.3 is 19.5 Å². The summed E-state index contributed by atoms with van der Waals surface area (Å²) in [7, 11) is 5.13. The molecule has 2 unspecified atom stereocenters. The van der Waals surface area contributed by atoms with Gasteiger partial charge in [-0.2, -0.15) is 0 Å². The first-order chi connectivity index (χ1) is 9.67. The van der Waals surface area contributed by atoms with Crippen molar-refractivity contribution in [2.45, 2.75) is 44.8 Å². The molecule has 4 heteroatoms. The summed E-state index contributed by atoms with van der Waals surface area (Å²) in [5.41, 5.74) is 2.28. The van der Waals surface area contributed by atoms with E-state index in [-0.39, 0.29) is 0 Å². The maximum Gasteiger partial charge on any atom is 0.162 e. The summed E-state index contributed by atoms with van der Waals surface area (Å²) in [4.78, 5) is 0. The van der Waals surface area contributed by atoms with E-state index >= 15 is 0 Å². The fourth-order valence-corrected chi connectivity index (χ4v) is 2.85. The van der Waals surface area contributed by atoms with Gasteiger partial charge in [0.1, 0.15) is 0 Å². The van der Waals surface area contributed by atoms with Gasteiger partial charge >= 0.3 is 0 Å². The van der Waals surface area contributed by atoms with Gasteiger partial charge in [0.25, 0.3) is 0 Å². The molecule has 112 valence electrons. The molecule has 2 rings (SSSR count). The van der Waals surface area contributed by atoms with Crippen molar-refractivity contribution in [3.8, 4) is 11.5 Å². The van der Waals surface area contributed by atoms with Crippen molar-refractivity contribution in [1.29, 1.82) is 0 Å². The summed E-state index contributed by atoms with van der Waals surface area (Å²) < 4.78 is 16.2. The van der Waals surface area contributed by atoms with Crippen LogP contribution in [-0.4, -0.2) is 33.5 Å². The monoisotopic (exact) mass is 279 g/mol. The molecule has 1 fully saturated rings. The highest BCUT2D eigenvalue weighted by Gasteiger charge is 2.22. The minimum Gasteiger partial charge on any atom is -0.493 e. The Hall–Kier alpha value is -1.42. The lowest BCUT2D eigenvalue weighted by molar-refractivity contribution is 0.0669. The summed E-state index contributed by atoms with van der Waals surface area (Å²) in [5, 5.41) is 3.62. The highest BCUT2D eigenvalue weighted by molar-refractivity contribution is 5.60. The zero-order chi connectivity index (χ0) is 14.5. The molecule has 0 amide bonds. The second-order valence-electron chi connectivity index (χ2n) is 5.39. The average Bonchev–Trinajstić information content (AvgIpc) is 2.49. The summed E-state index contributed by atoms with van der Waals surface area (Å²) in [6.07, 6.45) is 5.00. The SMILES string of the molecule is COc1cc(C)c(NC2CCCC(OC)C2)cc1OC. The van der Waals surface area contributed by atoms with Crippen LogP contribution in [0.1, 0.15) is 31.2 Å². The van der Waals surface area contributed by atoms with E-state index in [0.717, 1.165) is 23.6 Å². The summed E-state index contributed by atoms with van der Waals surface area (Å²) in [6, 6.07) is 4.49. The predicted octanol–water partition coefficient (Wildman–Crippen LogP) is 3.38. The van der Waals surface area contributed by atoms with Gasteiger partial charge in [0.05, 0.1) is 20.3 Å². The van der Waals surface area contributed by atoms with E-state index < -0.39 is 0 Å². The van der Waals surface area contributed by atoms with Crippen LogP contribution in [0.2, 0.25) is 0 Å². The van der Waals surface area contributed by atoms with E-state index in [9.17, 15) is 0 Å². The Morgan fingerprint density at radius 1 is 1.05 bits per heavy atom. The molecular formula is C16H25NO3. The largest absolute Gasteiger partial charge is 0.493 e. The molecular weight excluding hydrogens is 254 g/mol. The lowest BCUT2D eigenvalue weighted by Crippen LogP contribution is -2.31. The standard InChI is InChI=1S/C16H25NO3/c1-11-8-15(19-3)16(20-4)10-14(11)17-12-6-5-7-13(9-12)18-2/h8,10,12-13,17H,5-7,9H2,1-4H3. The number of ether oxygens (including phenoxy) is 3. The smallest absolute Gasteiger partial charge is 0.162 e. The Bertz CT molecular complexity index is 448. The Morgan fingerprint density at radius 3 is 2.40 bits per heavy atom. The molecule has 0 heterocycles. The molecule has 20 heavy (non-hydrogen) atoms. The maximum absolute atomic E-state index is 5.49. The lowest BCUT2D eigenvalue weighted by Gasteiger charge is -2.30. The van der Waals surface area contributed by atoms with Gasteiger partial charge in [0, 0.05) is 24.9 Å². The number of aryl methyl sites for hydroxylation is 1. The van der Waals surface area contributed by atoms with E-state index in [0.29, 0.717) is 12.1 Å². The van der Waals surface area contributed by atoms with Crippen LogP contribution in [0.25, 0.3) is 0 Å². The summed E-state index contributed by atoms with van der Waals surface area (Å²) >= 11 is 0. The number of nitrogens with one attached hydrogen (secondary N) is 1. The Kier molecular flexibility index (Phi) is 5.12. The molecule has 1 saturated carbocycles. The Labute approximate surface area is 121 Å². The molecule has 0 saturated heterocycles. The Morgan fingerprint density at radius 2 is 1.75 bits per heavy atom. The van der Waals surface area contributed by atoms with Crippen LogP contribution in [0, 0.1) is 6.92 Å². The average molecular weight is 279 g/mol. The number of hydrogen-bond acceptors (Lipinski definition) is 4. The van der Waals surface area contributed by atoms with Crippen LogP contribution in [0.4, 0.5) is 5.69 Å². The zero-order valence-corrected chi connectivity index (χ0v) is 12.9. The Balaban J connectivity index is 2.12. The van der Waals surface area contributed by atoms with Crippen molar-refractivity contribution in [2.24, 2.45) is 0 Å². The van der Waals surface area contributed by atoms with Crippen LogP contribution >= 0.6 is 0 Å². The minimum atomic E-state index is 0.377. The van der Waals surface area contributed by atoms with Gasteiger partial charge in [0.15, 0.2) is 11.5 Å². The molecule has 1 aromatic carbocycles. The van der Waals surface area contributed by atoms with Crippen LogP contribution in [0.3, 0.4) is 0 Å². The molecule has 4 nitrogen and oxygen atoms in total. The summed E-state index contributed by atoms with van der Waals surface area (Å²) in [5.74, 6) is 1.54. The fourth-order valence-electron chi connectivity index (χ4n) is 2.85. The normalized spacial score (nSPS) is 22.4. The third-order valence-corrected chi connectivity index (χ3v) is 4.05. The van der Waals surface area contributed by atoms with E-state index in [1.54, 1.807) is 21.3 Å². The molecule has 0 aromatic heterocycles. The van der Waals surface area contributed by atoms with E-state index in [1.807, 2.05) is 12.1 Å². The highest BCUT2D eigenvalue weighted by atomic mass is 16.5. The second-order valence-corrected chi connectivity index (χ2v) is 5.39. The van der Waals surface area contributed by atoms with Crippen LogP contribution in [-0.2, 0) is 4.74 Å². The predicted molar refractivity (Wildman–Crippen MR) is 81.0 cm³/mol. The molecule has 1 aromatic rings. The summed E-state index contributed by atoms with van der Waals surface area (Å²) in [6.45, 7) is 2.08. The van der Waals surface area contributed by atoms with Gasteiger partial charge in [-0.05, 0) is 44.2 Å². The van der Waals surface area contributed by atoms with Crippen molar-refractivity contribution in [2.75, 3.05) is 26.6 Å². The van der Waals surface area contributed by atoms with Gasteiger partial charge in [-0.25, -0.2) is 0 Å².